The molecule has 32 heavy (non-hydrogen) atoms. The number of hydrogen-bond acceptors (Lipinski definition) is 3. The topological polar surface area (TPSA) is 35.0 Å². The minimum atomic E-state index is 0.807. The number of ether oxygens (including phenoxy) is 1. The highest BCUT2D eigenvalue weighted by Gasteiger charge is 2.03. The van der Waals surface area contributed by atoms with E-state index < -0.39 is 0 Å². The van der Waals surface area contributed by atoms with Crippen molar-refractivity contribution >= 4 is 0 Å². The van der Waals surface area contributed by atoms with Gasteiger partial charge in [0.2, 0.25) is 0 Å². The second kappa shape index (κ2) is 16.7. The van der Waals surface area contributed by atoms with E-state index in [2.05, 4.69) is 55.0 Å². The summed E-state index contributed by atoms with van der Waals surface area (Å²) in [4.78, 5) is 9.19. The molecule has 1 aromatic heterocycles. The maximum atomic E-state index is 5.89. The fraction of sp³-hybridized carbons (Fsp3) is 0.655. The van der Waals surface area contributed by atoms with Crippen LogP contribution in [0.1, 0.15) is 110 Å². The van der Waals surface area contributed by atoms with E-state index in [9.17, 15) is 0 Å². The fourth-order valence-corrected chi connectivity index (χ4v) is 3.96. The third-order valence-corrected chi connectivity index (χ3v) is 6.45. The van der Waals surface area contributed by atoms with Gasteiger partial charge in [0.05, 0.1) is 6.61 Å². The second-order valence-corrected chi connectivity index (χ2v) is 9.35. The molecular weight excluding hydrogens is 392 g/mol. The average Bonchev–Trinajstić information content (AvgIpc) is 2.83. The zero-order valence-corrected chi connectivity index (χ0v) is 21.0. The molecule has 1 aromatic carbocycles. The zero-order valence-electron chi connectivity index (χ0n) is 21.0. The predicted molar refractivity (Wildman–Crippen MR) is 137 cm³/mol. The van der Waals surface area contributed by atoms with Crippen molar-refractivity contribution in [1.82, 2.24) is 9.97 Å². The molecule has 0 amide bonds. The molecule has 0 radical (unpaired) electrons. The van der Waals surface area contributed by atoms with Gasteiger partial charge in [-0.1, -0.05) is 104 Å². The lowest BCUT2D eigenvalue weighted by molar-refractivity contribution is 0.304. The van der Waals surface area contributed by atoms with Crippen molar-refractivity contribution in [2.75, 3.05) is 6.61 Å². The van der Waals surface area contributed by atoms with Gasteiger partial charge in [-0.3, -0.25) is 0 Å². The number of aryl methyl sites for hydroxylation is 1. The maximum Gasteiger partial charge on any atom is 0.128 e. The Balaban J connectivity index is 1.62. The van der Waals surface area contributed by atoms with Gasteiger partial charge in [-0.15, -0.1) is 0 Å². The first-order chi connectivity index (χ1) is 15.7. The van der Waals surface area contributed by atoms with Crippen LogP contribution in [0.15, 0.2) is 36.7 Å². The summed E-state index contributed by atoms with van der Waals surface area (Å²) in [7, 11) is 0. The predicted octanol–water partition coefficient (Wildman–Crippen LogP) is 8.81. The normalized spacial score (nSPS) is 12.1. The van der Waals surface area contributed by atoms with E-state index in [1.54, 1.807) is 0 Å². The van der Waals surface area contributed by atoms with Gasteiger partial charge in [0.1, 0.15) is 11.6 Å². The van der Waals surface area contributed by atoms with Crippen LogP contribution in [-0.4, -0.2) is 16.6 Å². The van der Waals surface area contributed by atoms with Gasteiger partial charge < -0.3 is 4.74 Å². The summed E-state index contributed by atoms with van der Waals surface area (Å²) in [5.74, 6) is 2.80. The second-order valence-electron chi connectivity index (χ2n) is 9.35. The number of unbranched alkanes of at least 4 members (excludes halogenated alkanes) is 9. The molecule has 1 unspecified atom stereocenters. The van der Waals surface area contributed by atoms with E-state index in [0.29, 0.717) is 0 Å². The smallest absolute Gasteiger partial charge is 0.128 e. The molecular formula is C29H46N2O. The number of hydrogen-bond donors (Lipinski definition) is 0. The Morgan fingerprint density at radius 1 is 0.719 bits per heavy atom. The molecule has 0 aliphatic carbocycles. The minimum absolute atomic E-state index is 0.807. The lowest BCUT2D eigenvalue weighted by Crippen LogP contribution is -1.97. The lowest BCUT2D eigenvalue weighted by atomic mass is 10.00. The Morgan fingerprint density at radius 3 is 2.03 bits per heavy atom. The molecule has 178 valence electrons. The van der Waals surface area contributed by atoms with E-state index in [-0.39, 0.29) is 0 Å². The molecule has 0 spiro atoms. The molecule has 0 saturated heterocycles. The van der Waals surface area contributed by atoms with Gasteiger partial charge in [-0.25, -0.2) is 9.97 Å². The Kier molecular flexibility index (Phi) is 13.7. The molecule has 0 N–H and O–H groups in total. The largest absolute Gasteiger partial charge is 0.494 e. The van der Waals surface area contributed by atoms with Gasteiger partial charge in [0, 0.05) is 24.4 Å². The van der Waals surface area contributed by atoms with Crippen LogP contribution in [0.2, 0.25) is 0 Å². The minimum Gasteiger partial charge on any atom is -0.494 e. The SMILES string of the molecule is CCCCCCCCOc1ccc(-c2cnc(CCCCCCCC(C)CC)nc2)cc1. The number of benzene rings is 1. The van der Waals surface area contributed by atoms with E-state index >= 15 is 0 Å². The molecule has 3 nitrogen and oxygen atoms in total. The molecule has 0 bridgehead atoms. The van der Waals surface area contributed by atoms with E-state index in [4.69, 9.17) is 4.74 Å². The van der Waals surface area contributed by atoms with Crippen molar-refractivity contribution in [3.63, 3.8) is 0 Å². The van der Waals surface area contributed by atoms with Crippen LogP contribution in [0.4, 0.5) is 0 Å². The van der Waals surface area contributed by atoms with Crippen molar-refractivity contribution in [3.05, 3.63) is 42.5 Å². The van der Waals surface area contributed by atoms with E-state index in [0.717, 1.165) is 48.1 Å². The Bertz CT molecular complexity index is 696. The first kappa shape index (κ1) is 26.4. The van der Waals surface area contributed by atoms with E-state index in [1.165, 1.54) is 77.0 Å². The van der Waals surface area contributed by atoms with Crippen molar-refractivity contribution in [1.29, 1.82) is 0 Å². The van der Waals surface area contributed by atoms with Crippen LogP contribution in [-0.2, 0) is 6.42 Å². The molecule has 0 fully saturated rings. The molecule has 0 aliphatic rings. The van der Waals surface area contributed by atoms with Crippen LogP contribution < -0.4 is 4.74 Å². The fourth-order valence-electron chi connectivity index (χ4n) is 3.96. The van der Waals surface area contributed by atoms with Gasteiger partial charge in [0.25, 0.3) is 0 Å². The summed E-state index contributed by atoms with van der Waals surface area (Å²) in [6, 6.07) is 8.33. The molecule has 2 aromatic rings. The summed E-state index contributed by atoms with van der Waals surface area (Å²) in [6.07, 6.45) is 21.9. The highest BCUT2D eigenvalue weighted by Crippen LogP contribution is 2.22. The third-order valence-electron chi connectivity index (χ3n) is 6.45. The summed E-state index contributed by atoms with van der Waals surface area (Å²) < 4.78 is 5.89. The average molecular weight is 439 g/mol. The maximum absolute atomic E-state index is 5.89. The van der Waals surface area contributed by atoms with Gasteiger partial charge in [-0.2, -0.15) is 0 Å². The highest BCUT2D eigenvalue weighted by molar-refractivity contribution is 5.62. The van der Waals surface area contributed by atoms with Crippen molar-refractivity contribution in [3.8, 4) is 16.9 Å². The van der Waals surface area contributed by atoms with E-state index in [1.807, 2.05) is 12.4 Å². The standard InChI is InChI=1S/C29H46N2O/c1-4-6-7-8-12-15-22-32-28-20-18-26(19-21-28)27-23-30-29(31-24-27)17-14-11-9-10-13-16-25(3)5-2/h18-21,23-25H,4-17,22H2,1-3H3. The Hall–Kier alpha value is -1.90. The van der Waals surface area contributed by atoms with Crippen molar-refractivity contribution < 1.29 is 4.74 Å². The van der Waals surface area contributed by atoms with Gasteiger partial charge >= 0.3 is 0 Å². The molecule has 2 rings (SSSR count). The summed E-state index contributed by atoms with van der Waals surface area (Å²) >= 11 is 0. The highest BCUT2D eigenvalue weighted by atomic mass is 16.5. The number of aromatic nitrogens is 2. The third kappa shape index (κ3) is 11.1. The summed E-state index contributed by atoms with van der Waals surface area (Å²) in [6.45, 7) is 7.71. The molecule has 1 heterocycles. The van der Waals surface area contributed by atoms with Crippen LogP contribution in [0.5, 0.6) is 5.75 Å². The van der Waals surface area contributed by atoms with Crippen LogP contribution in [0, 0.1) is 5.92 Å². The zero-order chi connectivity index (χ0) is 22.9. The van der Waals surface area contributed by atoms with Gasteiger partial charge in [-0.05, 0) is 36.5 Å². The Morgan fingerprint density at radius 2 is 1.34 bits per heavy atom. The van der Waals surface area contributed by atoms with Gasteiger partial charge in [0.15, 0.2) is 0 Å². The number of nitrogens with zero attached hydrogens (tertiary/aromatic N) is 2. The number of rotatable bonds is 18. The lowest BCUT2D eigenvalue weighted by Gasteiger charge is -2.08. The molecule has 0 aliphatic heterocycles. The molecule has 1 atom stereocenters. The first-order valence-corrected chi connectivity index (χ1v) is 13.3. The summed E-state index contributed by atoms with van der Waals surface area (Å²) in [5, 5.41) is 0. The quantitative estimate of drug-likeness (QED) is 0.218. The Labute approximate surface area is 197 Å². The van der Waals surface area contributed by atoms with Crippen molar-refractivity contribution in [2.45, 2.75) is 111 Å². The van der Waals surface area contributed by atoms with Crippen molar-refractivity contribution in [2.24, 2.45) is 5.92 Å². The molecule has 0 saturated carbocycles. The van der Waals surface area contributed by atoms with Crippen LogP contribution in [0.3, 0.4) is 0 Å². The van der Waals surface area contributed by atoms with Crippen LogP contribution in [0.25, 0.3) is 11.1 Å². The monoisotopic (exact) mass is 438 g/mol. The molecule has 3 heteroatoms. The first-order valence-electron chi connectivity index (χ1n) is 13.3. The van der Waals surface area contributed by atoms with Crippen LogP contribution >= 0.6 is 0 Å². The summed E-state index contributed by atoms with van der Waals surface area (Å²) in [5.41, 5.74) is 2.21.